The number of anilines is 1. The lowest BCUT2D eigenvalue weighted by Crippen LogP contribution is -2.47. The number of nitrogens with two attached hydrogens (primary N) is 1. The van der Waals surface area contributed by atoms with Gasteiger partial charge in [0.15, 0.2) is 0 Å². The van der Waals surface area contributed by atoms with Crippen LogP contribution in [-0.4, -0.2) is 43.7 Å². The molecule has 3 heteroatoms. The molecule has 3 nitrogen and oxygen atoms in total. The first-order valence-electron chi connectivity index (χ1n) is 7.27. The Bertz CT molecular complexity index is 421. The van der Waals surface area contributed by atoms with Gasteiger partial charge in [0.25, 0.3) is 0 Å². The third-order valence-corrected chi connectivity index (χ3v) is 4.19. The number of hydrogen-bond donors (Lipinski definition) is 1. The largest absolute Gasteiger partial charge is 0.369 e. The highest BCUT2D eigenvalue weighted by molar-refractivity contribution is 5.46. The van der Waals surface area contributed by atoms with Gasteiger partial charge in [-0.05, 0) is 24.5 Å². The van der Waals surface area contributed by atoms with Crippen LogP contribution in [0.2, 0.25) is 0 Å². The predicted molar refractivity (Wildman–Crippen MR) is 80.3 cm³/mol. The highest BCUT2D eigenvalue weighted by atomic mass is 15.3. The molecule has 0 bridgehead atoms. The smallest absolute Gasteiger partial charge is 0.0367 e. The Morgan fingerprint density at radius 1 is 1.00 bits per heavy atom. The van der Waals surface area contributed by atoms with E-state index in [9.17, 15) is 0 Å². The highest BCUT2D eigenvalue weighted by Crippen LogP contribution is 2.20. The maximum atomic E-state index is 5.91. The van der Waals surface area contributed by atoms with Crippen LogP contribution in [0.3, 0.4) is 0 Å². The van der Waals surface area contributed by atoms with Gasteiger partial charge >= 0.3 is 0 Å². The van der Waals surface area contributed by atoms with Crippen LogP contribution in [0.25, 0.3) is 0 Å². The molecule has 1 aliphatic carbocycles. The second-order valence-corrected chi connectivity index (χ2v) is 5.67. The fraction of sp³-hybridized carbons (Fsp3) is 0.500. The lowest BCUT2D eigenvalue weighted by atomic mass is 10.1. The Labute approximate surface area is 115 Å². The van der Waals surface area contributed by atoms with Gasteiger partial charge in [-0.2, -0.15) is 0 Å². The zero-order valence-corrected chi connectivity index (χ0v) is 11.4. The minimum atomic E-state index is 0.288. The van der Waals surface area contributed by atoms with Crippen molar-refractivity contribution in [3.8, 4) is 0 Å². The minimum absolute atomic E-state index is 0.288. The molecular weight excluding hydrogens is 234 g/mol. The number of para-hydroxylation sites is 1. The van der Waals surface area contributed by atoms with Crippen molar-refractivity contribution in [1.82, 2.24) is 4.90 Å². The molecule has 1 heterocycles. The fourth-order valence-electron chi connectivity index (χ4n) is 3.10. The molecule has 19 heavy (non-hydrogen) atoms. The molecule has 0 aromatic heterocycles. The summed E-state index contributed by atoms with van der Waals surface area (Å²) in [6.45, 7) is 5.76. The third-order valence-electron chi connectivity index (χ3n) is 4.19. The second kappa shape index (κ2) is 5.76. The molecular formula is C16H23N3. The highest BCUT2D eigenvalue weighted by Gasteiger charge is 2.22. The Kier molecular flexibility index (Phi) is 3.85. The number of piperazine rings is 1. The Hall–Kier alpha value is -1.32. The molecule has 2 atom stereocenters. The van der Waals surface area contributed by atoms with E-state index in [1.807, 2.05) is 0 Å². The van der Waals surface area contributed by atoms with Crippen molar-refractivity contribution in [3.63, 3.8) is 0 Å². The molecule has 102 valence electrons. The molecule has 0 amide bonds. The van der Waals surface area contributed by atoms with E-state index in [-0.39, 0.29) is 6.04 Å². The van der Waals surface area contributed by atoms with E-state index in [0.717, 1.165) is 32.6 Å². The summed E-state index contributed by atoms with van der Waals surface area (Å²) in [5, 5.41) is 0. The first-order valence-corrected chi connectivity index (χ1v) is 7.27. The zero-order valence-electron chi connectivity index (χ0n) is 11.4. The number of nitrogens with zero attached hydrogens (tertiary/aromatic N) is 2. The minimum Gasteiger partial charge on any atom is -0.369 e. The van der Waals surface area contributed by atoms with Crippen molar-refractivity contribution >= 4 is 5.69 Å². The van der Waals surface area contributed by atoms with Gasteiger partial charge in [-0.15, -0.1) is 0 Å². The van der Waals surface area contributed by atoms with Crippen molar-refractivity contribution in [2.45, 2.75) is 12.5 Å². The van der Waals surface area contributed by atoms with Crippen LogP contribution in [0.4, 0.5) is 5.69 Å². The molecule has 1 aliphatic heterocycles. The average molecular weight is 257 g/mol. The Balaban J connectivity index is 1.49. The molecule has 0 spiro atoms. The van der Waals surface area contributed by atoms with Gasteiger partial charge in [0.1, 0.15) is 0 Å². The predicted octanol–water partition coefficient (Wildman–Crippen LogP) is 1.71. The summed E-state index contributed by atoms with van der Waals surface area (Å²) < 4.78 is 0. The second-order valence-electron chi connectivity index (χ2n) is 5.67. The SMILES string of the molecule is NC1C=CC(CN2CCN(c3ccccc3)CC2)C1. The maximum Gasteiger partial charge on any atom is 0.0367 e. The first-order chi connectivity index (χ1) is 9.31. The molecule has 2 unspecified atom stereocenters. The normalized spacial score (nSPS) is 27.9. The molecule has 3 rings (SSSR count). The monoisotopic (exact) mass is 257 g/mol. The van der Waals surface area contributed by atoms with Crippen molar-refractivity contribution in [2.24, 2.45) is 11.7 Å². The van der Waals surface area contributed by atoms with Crippen LogP contribution < -0.4 is 10.6 Å². The molecule has 2 N–H and O–H groups in total. The zero-order chi connectivity index (χ0) is 13.1. The van der Waals surface area contributed by atoms with Crippen LogP contribution in [0.1, 0.15) is 6.42 Å². The summed E-state index contributed by atoms with van der Waals surface area (Å²) >= 11 is 0. The molecule has 0 saturated carbocycles. The number of hydrogen-bond acceptors (Lipinski definition) is 3. The van der Waals surface area contributed by atoms with E-state index in [4.69, 9.17) is 5.73 Å². The summed E-state index contributed by atoms with van der Waals surface area (Å²) in [5.41, 5.74) is 7.27. The molecule has 1 fully saturated rings. The summed E-state index contributed by atoms with van der Waals surface area (Å²) in [4.78, 5) is 5.05. The van der Waals surface area contributed by atoms with E-state index in [2.05, 4.69) is 52.3 Å². The van der Waals surface area contributed by atoms with Crippen molar-refractivity contribution in [3.05, 3.63) is 42.5 Å². The maximum absolute atomic E-state index is 5.91. The summed E-state index contributed by atoms with van der Waals surface area (Å²) in [7, 11) is 0. The van der Waals surface area contributed by atoms with Gasteiger partial charge in [-0.1, -0.05) is 30.4 Å². The Morgan fingerprint density at radius 3 is 2.37 bits per heavy atom. The van der Waals surface area contributed by atoms with Crippen molar-refractivity contribution in [2.75, 3.05) is 37.6 Å². The summed E-state index contributed by atoms with van der Waals surface area (Å²) in [6.07, 6.45) is 5.58. The van der Waals surface area contributed by atoms with Crippen LogP contribution in [0.5, 0.6) is 0 Å². The third kappa shape index (κ3) is 3.17. The van der Waals surface area contributed by atoms with Crippen LogP contribution in [-0.2, 0) is 0 Å². The molecule has 1 aromatic carbocycles. The molecule has 1 saturated heterocycles. The van der Waals surface area contributed by atoms with Gasteiger partial charge in [0, 0.05) is 44.5 Å². The lowest BCUT2D eigenvalue weighted by molar-refractivity contribution is 0.232. The van der Waals surface area contributed by atoms with Crippen molar-refractivity contribution < 1.29 is 0 Å². The summed E-state index contributed by atoms with van der Waals surface area (Å²) in [6, 6.07) is 11.0. The summed E-state index contributed by atoms with van der Waals surface area (Å²) in [5.74, 6) is 0.665. The van der Waals surface area contributed by atoms with E-state index in [1.165, 1.54) is 12.2 Å². The average Bonchev–Trinajstić information content (AvgIpc) is 2.86. The van der Waals surface area contributed by atoms with E-state index in [1.54, 1.807) is 0 Å². The topological polar surface area (TPSA) is 32.5 Å². The van der Waals surface area contributed by atoms with Crippen molar-refractivity contribution in [1.29, 1.82) is 0 Å². The van der Waals surface area contributed by atoms with Gasteiger partial charge in [-0.3, -0.25) is 4.90 Å². The quantitative estimate of drug-likeness (QED) is 0.837. The van der Waals surface area contributed by atoms with Crippen LogP contribution in [0, 0.1) is 5.92 Å². The van der Waals surface area contributed by atoms with E-state index >= 15 is 0 Å². The van der Waals surface area contributed by atoms with Crippen LogP contribution >= 0.6 is 0 Å². The van der Waals surface area contributed by atoms with Gasteiger partial charge in [-0.25, -0.2) is 0 Å². The number of benzene rings is 1. The molecule has 2 aliphatic rings. The molecule has 0 radical (unpaired) electrons. The Morgan fingerprint density at radius 2 is 1.74 bits per heavy atom. The van der Waals surface area contributed by atoms with Gasteiger partial charge < -0.3 is 10.6 Å². The molecule has 1 aromatic rings. The number of rotatable bonds is 3. The van der Waals surface area contributed by atoms with Gasteiger partial charge in [0.05, 0.1) is 0 Å². The fourth-order valence-corrected chi connectivity index (χ4v) is 3.10. The van der Waals surface area contributed by atoms with Crippen LogP contribution in [0.15, 0.2) is 42.5 Å². The van der Waals surface area contributed by atoms with E-state index < -0.39 is 0 Å². The van der Waals surface area contributed by atoms with E-state index in [0.29, 0.717) is 5.92 Å². The lowest BCUT2D eigenvalue weighted by Gasteiger charge is -2.37. The van der Waals surface area contributed by atoms with Gasteiger partial charge in [0.2, 0.25) is 0 Å². The standard InChI is InChI=1S/C16H23N3/c17-15-7-6-14(12-15)13-18-8-10-19(11-9-18)16-4-2-1-3-5-16/h1-7,14-15H,8-13,17H2. The first kappa shape index (κ1) is 12.7.